The molecule has 0 saturated heterocycles. The molecule has 0 bridgehead atoms. The van der Waals surface area contributed by atoms with Crippen LogP contribution in [0.4, 0.5) is 0 Å². The van der Waals surface area contributed by atoms with Crippen molar-refractivity contribution in [3.05, 3.63) is 10.7 Å². The molecule has 1 aromatic rings. The Morgan fingerprint density at radius 1 is 1.71 bits per heavy atom. The van der Waals surface area contributed by atoms with Gasteiger partial charge in [-0.1, -0.05) is 11.6 Å². The first-order valence-electron chi connectivity index (χ1n) is 4.51. The van der Waals surface area contributed by atoms with Crippen LogP contribution in [-0.4, -0.2) is 28.0 Å². The van der Waals surface area contributed by atoms with Crippen molar-refractivity contribution in [2.24, 2.45) is 5.73 Å². The fourth-order valence-electron chi connectivity index (χ4n) is 1.52. The van der Waals surface area contributed by atoms with Crippen molar-refractivity contribution >= 4 is 11.6 Å². The predicted octanol–water partition coefficient (Wildman–Crippen LogP) is 0.311. The zero-order valence-corrected chi connectivity index (χ0v) is 8.37. The highest BCUT2D eigenvalue weighted by Crippen LogP contribution is 2.33. The number of halogens is 1. The lowest BCUT2D eigenvalue weighted by atomic mass is 10.2. The highest BCUT2D eigenvalue weighted by atomic mass is 35.5. The van der Waals surface area contributed by atoms with E-state index in [0.717, 1.165) is 13.0 Å². The van der Waals surface area contributed by atoms with E-state index in [-0.39, 0.29) is 11.7 Å². The second-order valence-electron chi connectivity index (χ2n) is 3.19. The summed E-state index contributed by atoms with van der Waals surface area (Å²) in [6.45, 7) is 1.51. The maximum Gasteiger partial charge on any atom is 0.219 e. The standard InChI is InChI=1S/C8H12ClN3O2/c9-7-6(5(13)4-10)8-12(11-7)2-1-3-14-8/h5,13H,1-4,10H2. The molecule has 5 nitrogen and oxygen atoms in total. The SMILES string of the molecule is NCC(O)c1c(Cl)nn2c1OCCC2. The zero-order valence-electron chi connectivity index (χ0n) is 7.61. The van der Waals surface area contributed by atoms with Gasteiger partial charge in [0.25, 0.3) is 0 Å². The summed E-state index contributed by atoms with van der Waals surface area (Å²) in [5.74, 6) is 0.555. The van der Waals surface area contributed by atoms with Crippen molar-refractivity contribution in [2.75, 3.05) is 13.2 Å². The Balaban J connectivity index is 2.42. The Labute approximate surface area is 86.4 Å². The zero-order chi connectivity index (χ0) is 10.1. The summed E-state index contributed by atoms with van der Waals surface area (Å²) < 4.78 is 7.07. The van der Waals surface area contributed by atoms with Gasteiger partial charge in [0.1, 0.15) is 0 Å². The minimum atomic E-state index is -0.802. The molecule has 1 aliphatic rings. The molecular weight excluding hydrogens is 206 g/mol. The van der Waals surface area contributed by atoms with Crippen molar-refractivity contribution < 1.29 is 9.84 Å². The number of ether oxygens (including phenoxy) is 1. The first-order chi connectivity index (χ1) is 6.74. The van der Waals surface area contributed by atoms with Gasteiger partial charge in [-0.05, 0) is 0 Å². The smallest absolute Gasteiger partial charge is 0.219 e. The first kappa shape index (κ1) is 9.76. The predicted molar refractivity (Wildman–Crippen MR) is 51.4 cm³/mol. The van der Waals surface area contributed by atoms with Gasteiger partial charge in [0, 0.05) is 19.5 Å². The van der Waals surface area contributed by atoms with Crippen molar-refractivity contribution in [1.29, 1.82) is 0 Å². The number of aliphatic hydroxyl groups excluding tert-OH is 1. The van der Waals surface area contributed by atoms with Gasteiger partial charge in [0.05, 0.1) is 18.3 Å². The summed E-state index contributed by atoms with van der Waals surface area (Å²) in [5.41, 5.74) is 5.87. The molecule has 14 heavy (non-hydrogen) atoms. The van der Waals surface area contributed by atoms with E-state index in [2.05, 4.69) is 5.10 Å². The Kier molecular flexibility index (Phi) is 2.62. The molecule has 2 rings (SSSR count). The Hall–Kier alpha value is -0.780. The maximum absolute atomic E-state index is 9.61. The van der Waals surface area contributed by atoms with Gasteiger partial charge < -0.3 is 15.6 Å². The summed E-state index contributed by atoms with van der Waals surface area (Å²) in [6.07, 6.45) is 0.104. The van der Waals surface area contributed by atoms with Crippen LogP contribution in [0.1, 0.15) is 18.1 Å². The van der Waals surface area contributed by atoms with E-state index in [1.165, 1.54) is 0 Å². The number of aliphatic hydroxyl groups is 1. The molecule has 2 heterocycles. The summed E-state index contributed by atoms with van der Waals surface area (Å²) >= 11 is 5.88. The van der Waals surface area contributed by atoms with Crippen molar-refractivity contribution in [3.63, 3.8) is 0 Å². The van der Waals surface area contributed by atoms with E-state index in [4.69, 9.17) is 22.1 Å². The Bertz CT molecular complexity index is 340. The largest absolute Gasteiger partial charge is 0.477 e. The van der Waals surface area contributed by atoms with Crippen LogP contribution >= 0.6 is 11.6 Å². The van der Waals surface area contributed by atoms with Gasteiger partial charge in [-0.3, -0.25) is 0 Å². The lowest BCUT2D eigenvalue weighted by molar-refractivity contribution is 0.171. The number of hydrogen-bond donors (Lipinski definition) is 2. The number of rotatable bonds is 2. The summed E-state index contributed by atoms with van der Waals surface area (Å²) in [7, 11) is 0. The molecule has 1 unspecified atom stereocenters. The minimum absolute atomic E-state index is 0.113. The molecule has 0 saturated carbocycles. The maximum atomic E-state index is 9.61. The van der Waals surface area contributed by atoms with Crippen LogP contribution in [0.5, 0.6) is 5.88 Å². The van der Waals surface area contributed by atoms with Crippen LogP contribution in [0.3, 0.4) is 0 Å². The highest BCUT2D eigenvalue weighted by molar-refractivity contribution is 6.30. The lowest BCUT2D eigenvalue weighted by Crippen LogP contribution is -2.17. The number of nitrogens with zero attached hydrogens (tertiary/aromatic N) is 2. The van der Waals surface area contributed by atoms with Crippen molar-refractivity contribution in [1.82, 2.24) is 9.78 Å². The topological polar surface area (TPSA) is 73.3 Å². The summed E-state index contributed by atoms with van der Waals surface area (Å²) in [6, 6.07) is 0. The Morgan fingerprint density at radius 3 is 3.21 bits per heavy atom. The lowest BCUT2D eigenvalue weighted by Gasteiger charge is -2.17. The van der Waals surface area contributed by atoms with E-state index >= 15 is 0 Å². The van der Waals surface area contributed by atoms with Crippen LogP contribution in [0.2, 0.25) is 5.15 Å². The molecule has 0 aliphatic carbocycles. The van der Waals surface area contributed by atoms with Crippen LogP contribution in [-0.2, 0) is 6.54 Å². The van der Waals surface area contributed by atoms with Crippen LogP contribution in [0.25, 0.3) is 0 Å². The number of hydrogen-bond acceptors (Lipinski definition) is 4. The average molecular weight is 218 g/mol. The molecule has 6 heteroatoms. The molecule has 0 spiro atoms. The van der Waals surface area contributed by atoms with E-state index in [9.17, 15) is 5.11 Å². The second kappa shape index (κ2) is 3.76. The molecule has 0 fully saturated rings. The quantitative estimate of drug-likeness (QED) is 0.748. The molecule has 1 aromatic heterocycles. The van der Waals surface area contributed by atoms with Crippen LogP contribution in [0.15, 0.2) is 0 Å². The number of aryl methyl sites for hydroxylation is 1. The highest BCUT2D eigenvalue weighted by Gasteiger charge is 2.25. The number of fused-ring (bicyclic) bond motifs is 1. The fraction of sp³-hybridized carbons (Fsp3) is 0.625. The van der Waals surface area contributed by atoms with Gasteiger partial charge in [-0.25, -0.2) is 4.68 Å². The van der Waals surface area contributed by atoms with Gasteiger partial charge >= 0.3 is 0 Å². The molecule has 1 atom stereocenters. The monoisotopic (exact) mass is 217 g/mol. The Morgan fingerprint density at radius 2 is 2.50 bits per heavy atom. The third-order valence-corrected chi connectivity index (χ3v) is 2.48. The van der Waals surface area contributed by atoms with E-state index in [1.54, 1.807) is 4.68 Å². The van der Waals surface area contributed by atoms with E-state index in [1.807, 2.05) is 0 Å². The van der Waals surface area contributed by atoms with Crippen LogP contribution in [0, 0.1) is 0 Å². The van der Waals surface area contributed by atoms with Gasteiger partial charge in [0.2, 0.25) is 5.88 Å². The fourth-order valence-corrected chi connectivity index (χ4v) is 1.82. The number of nitrogens with two attached hydrogens (primary N) is 1. The molecule has 1 aliphatic heterocycles. The summed E-state index contributed by atoms with van der Waals surface area (Å²) in [5, 5.41) is 14.0. The van der Waals surface area contributed by atoms with Crippen molar-refractivity contribution in [3.8, 4) is 5.88 Å². The molecular formula is C8H12ClN3O2. The van der Waals surface area contributed by atoms with Gasteiger partial charge in [0.15, 0.2) is 5.15 Å². The molecule has 0 radical (unpaired) electrons. The molecule has 78 valence electrons. The third kappa shape index (κ3) is 1.47. The van der Waals surface area contributed by atoms with E-state index < -0.39 is 6.10 Å². The summed E-state index contributed by atoms with van der Waals surface area (Å²) in [4.78, 5) is 0. The minimum Gasteiger partial charge on any atom is -0.477 e. The van der Waals surface area contributed by atoms with E-state index in [0.29, 0.717) is 18.1 Å². The third-order valence-electron chi connectivity index (χ3n) is 2.21. The van der Waals surface area contributed by atoms with Crippen LogP contribution < -0.4 is 10.5 Å². The van der Waals surface area contributed by atoms with Crippen molar-refractivity contribution in [2.45, 2.75) is 19.1 Å². The van der Waals surface area contributed by atoms with Gasteiger partial charge in [-0.2, -0.15) is 5.10 Å². The second-order valence-corrected chi connectivity index (χ2v) is 3.54. The number of aromatic nitrogens is 2. The molecule has 0 aromatic carbocycles. The average Bonchev–Trinajstić information content (AvgIpc) is 2.53. The molecule has 3 N–H and O–H groups in total. The molecule has 0 amide bonds. The normalized spacial score (nSPS) is 17.4. The first-order valence-corrected chi connectivity index (χ1v) is 4.89. The van der Waals surface area contributed by atoms with Gasteiger partial charge in [-0.15, -0.1) is 0 Å².